The predicted octanol–water partition coefficient (Wildman–Crippen LogP) is 6.89. The molecule has 0 bridgehead atoms. The van der Waals surface area contributed by atoms with Crippen LogP contribution in [0.25, 0.3) is 21.8 Å². The summed E-state index contributed by atoms with van der Waals surface area (Å²) in [5, 5.41) is 0.797. The highest BCUT2D eigenvalue weighted by molar-refractivity contribution is 7.15. The number of benzene rings is 2. The van der Waals surface area contributed by atoms with E-state index in [1.807, 2.05) is 24.0 Å². The Labute approximate surface area is 200 Å². The summed E-state index contributed by atoms with van der Waals surface area (Å²) in [7, 11) is 0. The maximum Gasteiger partial charge on any atom is 0.274 e. The predicted molar refractivity (Wildman–Crippen MR) is 129 cm³/mol. The second-order valence-electron chi connectivity index (χ2n) is 8.54. The molecule has 3 heterocycles. The molecule has 1 aliphatic heterocycles. The minimum atomic E-state index is -0.313. The first-order valence-electron chi connectivity index (χ1n) is 11.4. The lowest BCUT2D eigenvalue weighted by atomic mass is 9.97. The summed E-state index contributed by atoms with van der Waals surface area (Å²) in [6, 6.07) is 16.2. The molecule has 1 aliphatic rings. The molecule has 2 aromatic carbocycles. The number of carbonyl (C=O) groups excluding carboxylic acids is 1. The van der Waals surface area contributed by atoms with E-state index in [0.717, 1.165) is 46.0 Å². The van der Waals surface area contributed by atoms with E-state index in [1.54, 1.807) is 24.3 Å². The number of halogens is 2. The van der Waals surface area contributed by atoms with Gasteiger partial charge in [0.25, 0.3) is 5.91 Å². The lowest BCUT2D eigenvalue weighted by Gasteiger charge is -2.35. The third-order valence-corrected chi connectivity index (χ3v) is 7.18. The van der Waals surface area contributed by atoms with Gasteiger partial charge in [-0.2, -0.15) is 0 Å². The molecule has 0 aliphatic carbocycles. The van der Waals surface area contributed by atoms with Gasteiger partial charge in [-0.15, -0.1) is 11.3 Å². The molecule has 7 heteroatoms. The molecule has 0 radical (unpaired) electrons. The molecule has 0 saturated carbocycles. The smallest absolute Gasteiger partial charge is 0.274 e. The molecule has 1 atom stereocenters. The van der Waals surface area contributed by atoms with Crippen molar-refractivity contribution >= 4 is 17.2 Å². The van der Waals surface area contributed by atoms with Crippen molar-refractivity contribution in [2.75, 3.05) is 6.54 Å². The molecule has 174 valence electrons. The minimum Gasteiger partial charge on any atom is -0.461 e. The Morgan fingerprint density at radius 1 is 1.00 bits per heavy atom. The molecule has 0 spiro atoms. The number of likely N-dealkylation sites (tertiary alicyclic amines) is 1. The second kappa shape index (κ2) is 9.50. The van der Waals surface area contributed by atoms with Crippen molar-refractivity contribution in [3.05, 3.63) is 88.8 Å². The molecule has 5 rings (SSSR count). The quantitative estimate of drug-likeness (QED) is 0.314. The zero-order valence-electron chi connectivity index (χ0n) is 18.8. The topological polar surface area (TPSA) is 46.3 Å². The fraction of sp³-hybridized carbons (Fsp3) is 0.259. The van der Waals surface area contributed by atoms with E-state index in [-0.39, 0.29) is 23.6 Å². The fourth-order valence-corrected chi connectivity index (χ4v) is 5.39. The van der Waals surface area contributed by atoms with Crippen LogP contribution in [0.5, 0.6) is 0 Å². The summed E-state index contributed by atoms with van der Waals surface area (Å²) in [4.78, 5) is 20.9. The monoisotopic (exact) mass is 478 g/mol. The number of hydrogen-bond donors (Lipinski definition) is 0. The Kier molecular flexibility index (Phi) is 6.28. The maximum atomic E-state index is 13.7. The van der Waals surface area contributed by atoms with Crippen molar-refractivity contribution in [3.63, 3.8) is 0 Å². The van der Waals surface area contributed by atoms with Crippen molar-refractivity contribution in [2.45, 2.75) is 38.6 Å². The number of aromatic nitrogens is 1. The number of thiazole rings is 1. The largest absolute Gasteiger partial charge is 0.461 e. The molecule has 4 nitrogen and oxygen atoms in total. The standard InChI is InChI=1S/C27H24F2N2O2S/c1-17-30-25(26(34-17)19-7-11-21(29)12-8-19)27(32)31-15-3-2-4-22(31)16-23-13-14-24(33-23)18-5-9-20(28)10-6-18/h5-14,22H,2-4,15-16H2,1H3. The van der Waals surface area contributed by atoms with Crippen molar-refractivity contribution in [1.29, 1.82) is 0 Å². The van der Waals surface area contributed by atoms with Gasteiger partial charge in [-0.3, -0.25) is 4.79 Å². The van der Waals surface area contributed by atoms with Gasteiger partial charge in [0.15, 0.2) is 0 Å². The Morgan fingerprint density at radius 3 is 2.38 bits per heavy atom. The third-order valence-electron chi connectivity index (χ3n) is 6.16. The van der Waals surface area contributed by atoms with E-state index in [4.69, 9.17) is 4.42 Å². The summed E-state index contributed by atoms with van der Waals surface area (Å²) in [6.45, 7) is 2.54. The Hall–Kier alpha value is -3.32. The highest BCUT2D eigenvalue weighted by atomic mass is 32.1. The highest BCUT2D eigenvalue weighted by Crippen LogP contribution is 2.33. The van der Waals surface area contributed by atoms with Crippen LogP contribution in [-0.4, -0.2) is 28.4 Å². The average Bonchev–Trinajstić information content (AvgIpc) is 3.47. The zero-order valence-corrected chi connectivity index (χ0v) is 19.6. The zero-order chi connectivity index (χ0) is 23.7. The van der Waals surface area contributed by atoms with Crippen LogP contribution in [0, 0.1) is 18.6 Å². The first kappa shape index (κ1) is 22.5. The van der Waals surface area contributed by atoms with E-state index in [9.17, 15) is 13.6 Å². The molecule has 1 saturated heterocycles. The van der Waals surface area contributed by atoms with Crippen LogP contribution in [-0.2, 0) is 6.42 Å². The summed E-state index contributed by atoms with van der Waals surface area (Å²) in [5.41, 5.74) is 2.03. The van der Waals surface area contributed by atoms with Gasteiger partial charge in [0.2, 0.25) is 0 Å². The molecule has 1 fully saturated rings. The van der Waals surface area contributed by atoms with E-state index in [0.29, 0.717) is 24.4 Å². The van der Waals surface area contributed by atoms with Crippen molar-refractivity contribution in [2.24, 2.45) is 0 Å². The number of furan rings is 1. The summed E-state index contributed by atoms with van der Waals surface area (Å²) in [5.74, 6) is 0.768. The van der Waals surface area contributed by atoms with E-state index >= 15 is 0 Å². The van der Waals surface area contributed by atoms with Gasteiger partial charge in [-0.05, 0) is 80.3 Å². The van der Waals surface area contributed by atoms with E-state index < -0.39 is 0 Å². The van der Waals surface area contributed by atoms with Gasteiger partial charge < -0.3 is 9.32 Å². The number of hydrogen-bond acceptors (Lipinski definition) is 4. The number of aryl methyl sites for hydroxylation is 1. The minimum absolute atomic E-state index is 0.00320. The Morgan fingerprint density at radius 2 is 1.68 bits per heavy atom. The SMILES string of the molecule is Cc1nc(C(=O)N2CCCCC2Cc2ccc(-c3ccc(F)cc3)o2)c(-c2ccc(F)cc2)s1. The van der Waals surface area contributed by atoms with Gasteiger partial charge in [-0.25, -0.2) is 13.8 Å². The third kappa shape index (κ3) is 4.66. The number of nitrogens with zero attached hydrogens (tertiary/aromatic N) is 2. The van der Waals surface area contributed by atoms with Crippen LogP contribution in [0.2, 0.25) is 0 Å². The van der Waals surface area contributed by atoms with Crippen LogP contribution < -0.4 is 0 Å². The normalized spacial score (nSPS) is 16.1. The molecule has 0 N–H and O–H groups in total. The van der Waals surface area contributed by atoms with E-state index in [1.165, 1.54) is 35.6 Å². The van der Waals surface area contributed by atoms with Crippen molar-refractivity contribution in [3.8, 4) is 21.8 Å². The second-order valence-corrected chi connectivity index (χ2v) is 9.75. The molecular weight excluding hydrogens is 454 g/mol. The van der Waals surface area contributed by atoms with E-state index in [2.05, 4.69) is 4.98 Å². The fourth-order valence-electron chi connectivity index (χ4n) is 4.47. The van der Waals surface area contributed by atoms with Gasteiger partial charge in [0, 0.05) is 24.6 Å². The number of amides is 1. The van der Waals surface area contributed by atoms with Gasteiger partial charge in [-0.1, -0.05) is 12.1 Å². The lowest BCUT2D eigenvalue weighted by Crippen LogP contribution is -2.45. The maximum absolute atomic E-state index is 13.7. The molecule has 1 unspecified atom stereocenters. The molecule has 1 amide bonds. The van der Waals surface area contributed by atoms with Gasteiger partial charge >= 0.3 is 0 Å². The molecular formula is C27H24F2N2O2S. The first-order chi connectivity index (χ1) is 16.5. The highest BCUT2D eigenvalue weighted by Gasteiger charge is 2.31. The molecule has 34 heavy (non-hydrogen) atoms. The average molecular weight is 479 g/mol. The van der Waals surface area contributed by atoms with Crippen LogP contribution in [0.1, 0.15) is 40.5 Å². The Balaban J connectivity index is 1.38. The summed E-state index contributed by atoms with van der Waals surface area (Å²) < 4.78 is 32.7. The molecule has 4 aromatic rings. The van der Waals surface area contributed by atoms with Gasteiger partial charge in [0.05, 0.1) is 9.88 Å². The van der Waals surface area contributed by atoms with Crippen LogP contribution in [0.4, 0.5) is 8.78 Å². The Bertz CT molecular complexity index is 1300. The first-order valence-corrected chi connectivity index (χ1v) is 12.2. The number of carbonyl (C=O) groups is 1. The number of piperidine rings is 1. The van der Waals surface area contributed by atoms with Crippen LogP contribution in [0.3, 0.4) is 0 Å². The summed E-state index contributed by atoms with van der Waals surface area (Å²) >= 11 is 1.45. The lowest BCUT2D eigenvalue weighted by molar-refractivity contribution is 0.0603. The van der Waals surface area contributed by atoms with Gasteiger partial charge in [0.1, 0.15) is 28.8 Å². The summed E-state index contributed by atoms with van der Waals surface area (Å²) in [6.07, 6.45) is 3.46. The van der Waals surface area contributed by atoms with Crippen LogP contribution in [0.15, 0.2) is 65.1 Å². The number of rotatable bonds is 5. The molecule has 2 aromatic heterocycles. The van der Waals surface area contributed by atoms with Crippen LogP contribution >= 0.6 is 11.3 Å². The van der Waals surface area contributed by atoms with Crippen molar-refractivity contribution in [1.82, 2.24) is 9.88 Å². The van der Waals surface area contributed by atoms with Crippen molar-refractivity contribution < 1.29 is 18.0 Å².